The molecule has 7 heteroatoms. The summed E-state index contributed by atoms with van der Waals surface area (Å²) >= 11 is 10.3. The van der Waals surface area contributed by atoms with Gasteiger partial charge in [-0.25, -0.2) is 13.1 Å². The van der Waals surface area contributed by atoms with Gasteiger partial charge in [-0.2, -0.15) is 0 Å². The highest BCUT2D eigenvalue weighted by Crippen LogP contribution is 2.30. The highest BCUT2D eigenvalue weighted by molar-refractivity contribution is 9.10. The quantitative estimate of drug-likeness (QED) is 0.873. The second-order valence-corrected chi connectivity index (χ2v) is 8.54. The molecule has 0 radical (unpaired) electrons. The molecule has 102 valence electrons. The minimum absolute atomic E-state index is 0.241. The Morgan fingerprint density at radius 1 is 1.37 bits per heavy atom. The molecule has 0 saturated carbocycles. The fourth-order valence-electron chi connectivity index (χ4n) is 1.46. The predicted octanol–water partition coefficient (Wildman–Crippen LogP) is 3.95. The van der Waals surface area contributed by atoms with Crippen LogP contribution in [-0.4, -0.2) is 8.42 Å². The van der Waals surface area contributed by atoms with Crippen LogP contribution in [0.4, 0.5) is 0 Å². The number of sulfonamides is 1. The van der Waals surface area contributed by atoms with Crippen LogP contribution in [0.25, 0.3) is 0 Å². The van der Waals surface area contributed by atoms with Crippen LogP contribution >= 0.6 is 38.9 Å². The molecule has 0 aliphatic carbocycles. The molecule has 0 saturated heterocycles. The first kappa shape index (κ1) is 15.0. The highest BCUT2D eigenvalue weighted by Gasteiger charge is 2.18. The smallest absolute Gasteiger partial charge is 0.206 e. The van der Waals surface area contributed by atoms with Gasteiger partial charge in [0.05, 0.1) is 4.34 Å². The first-order valence-electron chi connectivity index (χ1n) is 5.38. The van der Waals surface area contributed by atoms with E-state index in [0.717, 1.165) is 26.9 Å². The molecule has 0 bridgehead atoms. The zero-order chi connectivity index (χ0) is 14.0. The van der Waals surface area contributed by atoms with E-state index < -0.39 is 10.0 Å². The number of hydrogen-bond donors (Lipinski definition) is 1. The summed E-state index contributed by atoms with van der Waals surface area (Å²) in [5.41, 5.74) is 1.66. The molecule has 19 heavy (non-hydrogen) atoms. The Morgan fingerprint density at radius 3 is 2.68 bits per heavy atom. The normalized spacial score (nSPS) is 11.7. The first-order chi connectivity index (χ1) is 8.88. The Hall–Kier alpha value is -0.400. The van der Waals surface area contributed by atoms with E-state index >= 15 is 0 Å². The van der Waals surface area contributed by atoms with Gasteiger partial charge in [0.15, 0.2) is 0 Å². The lowest BCUT2D eigenvalue weighted by atomic mass is 10.2. The lowest BCUT2D eigenvalue weighted by molar-refractivity contribution is 0.583. The van der Waals surface area contributed by atoms with Crippen molar-refractivity contribution < 1.29 is 8.42 Å². The maximum absolute atomic E-state index is 12.1. The monoisotopic (exact) mass is 379 g/mol. The number of halogens is 2. The second-order valence-electron chi connectivity index (χ2n) is 3.98. The standard InChI is InChI=1S/C12H11BrClNO2S2/c1-8-5-11(18-12(8)14)19(16,17)15-7-9-3-2-4-10(13)6-9/h2-6,15H,7H2,1H3. The van der Waals surface area contributed by atoms with E-state index in [4.69, 9.17) is 11.6 Å². The van der Waals surface area contributed by atoms with E-state index in [-0.39, 0.29) is 10.8 Å². The zero-order valence-electron chi connectivity index (χ0n) is 9.98. The van der Waals surface area contributed by atoms with E-state index in [1.165, 1.54) is 0 Å². The van der Waals surface area contributed by atoms with Crippen molar-refractivity contribution >= 4 is 48.9 Å². The van der Waals surface area contributed by atoms with E-state index in [1.807, 2.05) is 24.3 Å². The summed E-state index contributed by atoms with van der Waals surface area (Å²) in [5.74, 6) is 0. The van der Waals surface area contributed by atoms with Crippen molar-refractivity contribution in [3.8, 4) is 0 Å². The Morgan fingerprint density at radius 2 is 2.11 bits per heavy atom. The Balaban J connectivity index is 2.14. The number of aryl methyl sites for hydroxylation is 1. The van der Waals surface area contributed by atoms with Crippen LogP contribution < -0.4 is 4.72 Å². The summed E-state index contributed by atoms with van der Waals surface area (Å²) in [4.78, 5) is 0. The molecule has 3 nitrogen and oxygen atoms in total. The van der Waals surface area contributed by atoms with Crippen molar-refractivity contribution in [3.63, 3.8) is 0 Å². The highest BCUT2D eigenvalue weighted by atomic mass is 79.9. The zero-order valence-corrected chi connectivity index (χ0v) is 14.0. The van der Waals surface area contributed by atoms with Gasteiger partial charge in [-0.05, 0) is 36.2 Å². The molecule has 2 aromatic rings. The number of thiophene rings is 1. The maximum Gasteiger partial charge on any atom is 0.250 e. The average molecular weight is 381 g/mol. The molecule has 0 unspecified atom stereocenters. The van der Waals surface area contributed by atoms with Crippen LogP contribution in [0.15, 0.2) is 39.0 Å². The summed E-state index contributed by atoms with van der Waals surface area (Å²) in [6.45, 7) is 2.03. The molecule has 1 heterocycles. The molecule has 1 aromatic heterocycles. The molecule has 0 fully saturated rings. The average Bonchev–Trinajstić information content (AvgIpc) is 2.68. The third kappa shape index (κ3) is 3.79. The van der Waals surface area contributed by atoms with Crippen LogP contribution in [0.5, 0.6) is 0 Å². The van der Waals surface area contributed by atoms with Crippen molar-refractivity contribution in [1.82, 2.24) is 4.72 Å². The summed E-state index contributed by atoms with van der Waals surface area (Å²) in [6.07, 6.45) is 0. The Kier molecular flexibility index (Phi) is 4.68. The molecule has 0 aliphatic rings. The van der Waals surface area contributed by atoms with Crippen LogP contribution in [-0.2, 0) is 16.6 Å². The van der Waals surface area contributed by atoms with Crippen LogP contribution in [0.2, 0.25) is 4.34 Å². The fourth-order valence-corrected chi connectivity index (χ4v) is 4.68. The molecule has 0 spiro atoms. The van der Waals surface area contributed by atoms with E-state index in [2.05, 4.69) is 20.7 Å². The van der Waals surface area contributed by atoms with Gasteiger partial charge in [-0.1, -0.05) is 39.7 Å². The molecular weight excluding hydrogens is 370 g/mol. The predicted molar refractivity (Wildman–Crippen MR) is 82.2 cm³/mol. The SMILES string of the molecule is Cc1cc(S(=O)(=O)NCc2cccc(Br)c2)sc1Cl. The van der Waals surface area contributed by atoms with Gasteiger partial charge in [0.1, 0.15) is 4.21 Å². The molecular formula is C12H11BrClNO2S2. The van der Waals surface area contributed by atoms with Gasteiger partial charge in [-0.3, -0.25) is 0 Å². The number of rotatable bonds is 4. The third-order valence-corrected chi connectivity index (χ3v) is 6.38. The maximum atomic E-state index is 12.1. The summed E-state index contributed by atoms with van der Waals surface area (Å²) in [6, 6.07) is 9.06. The molecule has 0 aliphatic heterocycles. The van der Waals surface area contributed by atoms with Gasteiger partial charge in [-0.15, -0.1) is 11.3 Å². The van der Waals surface area contributed by atoms with Crippen molar-refractivity contribution in [1.29, 1.82) is 0 Å². The summed E-state index contributed by atoms with van der Waals surface area (Å²) in [7, 11) is -3.50. The van der Waals surface area contributed by atoms with Gasteiger partial charge in [0.25, 0.3) is 0 Å². The minimum Gasteiger partial charge on any atom is -0.206 e. The van der Waals surface area contributed by atoms with Crippen LogP contribution in [0.3, 0.4) is 0 Å². The Bertz CT molecular complexity index is 678. The number of benzene rings is 1. The summed E-state index contributed by atoms with van der Waals surface area (Å²) < 4.78 is 28.4. The molecule has 1 aromatic carbocycles. The van der Waals surface area contributed by atoms with Gasteiger partial charge >= 0.3 is 0 Å². The van der Waals surface area contributed by atoms with Crippen molar-refractivity contribution in [3.05, 3.63) is 50.3 Å². The molecule has 0 amide bonds. The Labute approximate surface area is 129 Å². The molecule has 1 N–H and O–H groups in total. The van der Waals surface area contributed by atoms with E-state index in [1.54, 1.807) is 13.0 Å². The van der Waals surface area contributed by atoms with Gasteiger partial charge < -0.3 is 0 Å². The lowest BCUT2D eigenvalue weighted by Gasteiger charge is -2.05. The lowest BCUT2D eigenvalue weighted by Crippen LogP contribution is -2.22. The second kappa shape index (κ2) is 5.93. The van der Waals surface area contributed by atoms with Crippen LogP contribution in [0.1, 0.15) is 11.1 Å². The van der Waals surface area contributed by atoms with Crippen molar-refractivity contribution in [2.45, 2.75) is 17.7 Å². The van der Waals surface area contributed by atoms with Gasteiger partial charge in [0.2, 0.25) is 10.0 Å². The number of hydrogen-bond acceptors (Lipinski definition) is 3. The topological polar surface area (TPSA) is 46.2 Å². The largest absolute Gasteiger partial charge is 0.250 e. The molecule has 0 atom stereocenters. The minimum atomic E-state index is -3.50. The first-order valence-corrected chi connectivity index (χ1v) is 8.85. The summed E-state index contributed by atoms with van der Waals surface area (Å²) in [5, 5.41) is 0. The van der Waals surface area contributed by atoms with Gasteiger partial charge in [0, 0.05) is 11.0 Å². The van der Waals surface area contributed by atoms with E-state index in [9.17, 15) is 8.42 Å². The third-order valence-electron chi connectivity index (χ3n) is 2.45. The van der Waals surface area contributed by atoms with E-state index in [0.29, 0.717) is 4.34 Å². The molecule has 2 rings (SSSR count). The van der Waals surface area contributed by atoms with Crippen LogP contribution in [0, 0.1) is 6.92 Å². The van der Waals surface area contributed by atoms with Crippen molar-refractivity contribution in [2.24, 2.45) is 0 Å². The van der Waals surface area contributed by atoms with Crippen molar-refractivity contribution in [2.75, 3.05) is 0 Å². The fraction of sp³-hybridized carbons (Fsp3) is 0.167. The number of nitrogens with one attached hydrogen (secondary N) is 1.